The van der Waals surface area contributed by atoms with E-state index in [1.807, 2.05) is 0 Å². The van der Waals surface area contributed by atoms with E-state index in [2.05, 4.69) is 16.5 Å². The van der Waals surface area contributed by atoms with E-state index in [1.165, 1.54) is 12.1 Å². The molecule has 1 atom stereocenters. The van der Waals surface area contributed by atoms with Gasteiger partial charge in [0.2, 0.25) is 0 Å². The van der Waals surface area contributed by atoms with E-state index in [1.54, 1.807) is 12.1 Å². The van der Waals surface area contributed by atoms with Crippen LogP contribution in [0.25, 0.3) is 11.3 Å². The van der Waals surface area contributed by atoms with Gasteiger partial charge < -0.3 is 10.3 Å². The summed E-state index contributed by atoms with van der Waals surface area (Å²) < 4.78 is 15.0. The van der Waals surface area contributed by atoms with Crippen LogP contribution in [0, 0.1) is 11.7 Å². The first-order valence-electron chi connectivity index (χ1n) is 6.26. The molecule has 0 aliphatic carbocycles. The average molecular weight is 245 g/mol. The standard InChI is InChI=1S/C14H16FN3/c1-9-2-7-12-17-13(14(16)18(12)8-9)10-3-5-11(15)6-4-10/h3-6,9H,2,7-8,16H2,1H3. The number of nitrogens with zero attached hydrogens (tertiary/aromatic N) is 2. The Morgan fingerprint density at radius 3 is 2.78 bits per heavy atom. The summed E-state index contributed by atoms with van der Waals surface area (Å²) in [4.78, 5) is 4.60. The third-order valence-corrected chi connectivity index (χ3v) is 3.56. The number of benzene rings is 1. The van der Waals surface area contributed by atoms with E-state index in [0.717, 1.165) is 36.5 Å². The number of aromatic nitrogens is 2. The lowest BCUT2D eigenvalue weighted by molar-refractivity contribution is 0.397. The number of hydrogen-bond donors (Lipinski definition) is 1. The van der Waals surface area contributed by atoms with Crippen molar-refractivity contribution in [3.8, 4) is 11.3 Å². The first-order valence-corrected chi connectivity index (χ1v) is 6.26. The largest absolute Gasteiger partial charge is 0.383 e. The molecule has 2 heterocycles. The quantitative estimate of drug-likeness (QED) is 0.839. The Kier molecular flexibility index (Phi) is 2.58. The number of hydrogen-bond acceptors (Lipinski definition) is 2. The van der Waals surface area contributed by atoms with Crippen LogP contribution >= 0.6 is 0 Å². The second-order valence-corrected chi connectivity index (χ2v) is 5.02. The van der Waals surface area contributed by atoms with E-state index in [4.69, 9.17) is 5.73 Å². The molecular formula is C14H16FN3. The molecule has 2 aromatic rings. The molecule has 0 amide bonds. The van der Waals surface area contributed by atoms with Gasteiger partial charge in [0.25, 0.3) is 0 Å². The van der Waals surface area contributed by atoms with Crippen molar-refractivity contribution >= 4 is 5.82 Å². The number of anilines is 1. The van der Waals surface area contributed by atoms with Crippen molar-refractivity contribution in [2.24, 2.45) is 5.92 Å². The maximum atomic E-state index is 12.9. The number of rotatable bonds is 1. The molecule has 1 unspecified atom stereocenters. The molecule has 1 aliphatic rings. The Hall–Kier alpha value is -1.84. The van der Waals surface area contributed by atoms with Gasteiger partial charge in [-0.2, -0.15) is 0 Å². The molecule has 3 nitrogen and oxygen atoms in total. The van der Waals surface area contributed by atoms with Gasteiger partial charge in [-0.25, -0.2) is 9.37 Å². The lowest BCUT2D eigenvalue weighted by Gasteiger charge is -2.20. The molecule has 0 fully saturated rings. The third-order valence-electron chi connectivity index (χ3n) is 3.56. The van der Waals surface area contributed by atoms with E-state index >= 15 is 0 Å². The topological polar surface area (TPSA) is 43.8 Å². The number of aryl methyl sites for hydroxylation is 1. The zero-order valence-corrected chi connectivity index (χ0v) is 10.4. The fourth-order valence-corrected chi connectivity index (χ4v) is 2.51. The molecule has 0 bridgehead atoms. The predicted octanol–water partition coefficient (Wildman–Crippen LogP) is 2.85. The number of imidazole rings is 1. The van der Waals surface area contributed by atoms with Gasteiger partial charge in [-0.3, -0.25) is 0 Å². The van der Waals surface area contributed by atoms with E-state index < -0.39 is 0 Å². The molecule has 0 spiro atoms. The van der Waals surface area contributed by atoms with Crippen molar-refractivity contribution < 1.29 is 4.39 Å². The Morgan fingerprint density at radius 2 is 2.06 bits per heavy atom. The van der Waals surface area contributed by atoms with Crippen molar-refractivity contribution in [2.45, 2.75) is 26.3 Å². The smallest absolute Gasteiger partial charge is 0.131 e. The summed E-state index contributed by atoms with van der Waals surface area (Å²) in [6, 6.07) is 6.33. The van der Waals surface area contributed by atoms with Crippen LogP contribution < -0.4 is 5.73 Å². The normalized spacial score (nSPS) is 18.7. The Morgan fingerprint density at radius 1 is 1.33 bits per heavy atom. The van der Waals surface area contributed by atoms with Crippen LogP contribution in [0.15, 0.2) is 24.3 Å². The van der Waals surface area contributed by atoms with E-state index in [9.17, 15) is 4.39 Å². The van der Waals surface area contributed by atoms with Gasteiger partial charge in [0.15, 0.2) is 0 Å². The van der Waals surface area contributed by atoms with Crippen LogP contribution in [0.5, 0.6) is 0 Å². The fourth-order valence-electron chi connectivity index (χ4n) is 2.51. The minimum absolute atomic E-state index is 0.241. The monoisotopic (exact) mass is 245 g/mol. The van der Waals surface area contributed by atoms with Crippen molar-refractivity contribution in [1.29, 1.82) is 0 Å². The summed E-state index contributed by atoms with van der Waals surface area (Å²) in [6.45, 7) is 3.15. The van der Waals surface area contributed by atoms with Crippen LogP contribution in [0.4, 0.5) is 10.2 Å². The minimum atomic E-state index is -0.241. The Bertz CT molecular complexity index is 571. The van der Waals surface area contributed by atoms with Gasteiger partial charge in [-0.1, -0.05) is 6.92 Å². The van der Waals surface area contributed by atoms with Crippen LogP contribution in [0.1, 0.15) is 19.2 Å². The summed E-state index contributed by atoms with van der Waals surface area (Å²) in [7, 11) is 0. The number of nitrogens with two attached hydrogens (primary N) is 1. The zero-order valence-electron chi connectivity index (χ0n) is 10.4. The second kappa shape index (κ2) is 4.12. The highest BCUT2D eigenvalue weighted by atomic mass is 19.1. The summed E-state index contributed by atoms with van der Waals surface area (Å²) in [5, 5.41) is 0. The first kappa shape index (κ1) is 11.3. The van der Waals surface area contributed by atoms with E-state index in [0.29, 0.717) is 11.7 Å². The molecule has 2 N–H and O–H groups in total. The molecule has 4 heteroatoms. The highest BCUT2D eigenvalue weighted by Gasteiger charge is 2.21. The highest BCUT2D eigenvalue weighted by molar-refractivity contribution is 5.71. The van der Waals surface area contributed by atoms with Crippen molar-refractivity contribution in [3.63, 3.8) is 0 Å². The summed E-state index contributed by atoms with van der Waals surface area (Å²) in [5.74, 6) is 2.14. The van der Waals surface area contributed by atoms with Crippen molar-refractivity contribution in [2.75, 3.05) is 5.73 Å². The molecule has 1 aromatic heterocycles. The van der Waals surface area contributed by atoms with Crippen molar-refractivity contribution in [1.82, 2.24) is 9.55 Å². The van der Waals surface area contributed by atoms with Crippen LogP contribution in [-0.4, -0.2) is 9.55 Å². The molecule has 0 saturated heterocycles. The molecule has 0 saturated carbocycles. The molecule has 1 aliphatic heterocycles. The van der Waals surface area contributed by atoms with Crippen molar-refractivity contribution in [3.05, 3.63) is 35.9 Å². The highest BCUT2D eigenvalue weighted by Crippen LogP contribution is 2.30. The molecular weight excluding hydrogens is 229 g/mol. The summed E-state index contributed by atoms with van der Waals surface area (Å²) >= 11 is 0. The Labute approximate surface area is 105 Å². The average Bonchev–Trinajstić information content (AvgIpc) is 2.68. The molecule has 0 radical (unpaired) electrons. The minimum Gasteiger partial charge on any atom is -0.383 e. The number of nitrogen functional groups attached to an aromatic ring is 1. The van der Waals surface area contributed by atoms with Crippen LogP contribution in [-0.2, 0) is 13.0 Å². The van der Waals surface area contributed by atoms with Gasteiger partial charge >= 0.3 is 0 Å². The lowest BCUT2D eigenvalue weighted by Crippen LogP contribution is -2.19. The Balaban J connectivity index is 2.06. The second-order valence-electron chi connectivity index (χ2n) is 5.02. The maximum Gasteiger partial charge on any atom is 0.131 e. The molecule has 1 aromatic carbocycles. The lowest BCUT2D eigenvalue weighted by atomic mass is 10.0. The number of fused-ring (bicyclic) bond motifs is 1. The molecule has 3 rings (SSSR count). The van der Waals surface area contributed by atoms with E-state index in [-0.39, 0.29) is 5.82 Å². The molecule has 18 heavy (non-hydrogen) atoms. The van der Waals surface area contributed by atoms with Gasteiger partial charge in [-0.15, -0.1) is 0 Å². The zero-order chi connectivity index (χ0) is 12.7. The van der Waals surface area contributed by atoms with Gasteiger partial charge in [0, 0.05) is 18.5 Å². The van der Waals surface area contributed by atoms with Gasteiger partial charge in [0.1, 0.15) is 23.2 Å². The van der Waals surface area contributed by atoms with Gasteiger partial charge in [0.05, 0.1) is 0 Å². The predicted molar refractivity (Wildman–Crippen MR) is 69.5 cm³/mol. The molecule has 94 valence electrons. The summed E-state index contributed by atoms with van der Waals surface area (Å²) in [5.41, 5.74) is 7.82. The van der Waals surface area contributed by atoms with Crippen LogP contribution in [0.3, 0.4) is 0 Å². The maximum absolute atomic E-state index is 12.9. The first-order chi connectivity index (χ1) is 8.65. The van der Waals surface area contributed by atoms with Gasteiger partial charge in [-0.05, 0) is 36.6 Å². The third kappa shape index (κ3) is 1.78. The van der Waals surface area contributed by atoms with Crippen LogP contribution in [0.2, 0.25) is 0 Å². The fraction of sp³-hybridized carbons (Fsp3) is 0.357. The number of halogens is 1. The summed E-state index contributed by atoms with van der Waals surface area (Å²) in [6.07, 6.45) is 2.12. The SMILES string of the molecule is CC1CCc2nc(-c3ccc(F)cc3)c(N)n2C1.